The van der Waals surface area contributed by atoms with E-state index in [2.05, 4.69) is 33.6 Å². The summed E-state index contributed by atoms with van der Waals surface area (Å²) in [5.41, 5.74) is 0. The summed E-state index contributed by atoms with van der Waals surface area (Å²) >= 11 is 0. The van der Waals surface area contributed by atoms with Crippen LogP contribution in [0.1, 0.15) is 32.6 Å². The predicted octanol–water partition coefficient (Wildman–Crippen LogP) is 1.20. The van der Waals surface area contributed by atoms with Gasteiger partial charge in [0.25, 0.3) is 0 Å². The van der Waals surface area contributed by atoms with Crippen molar-refractivity contribution in [2.45, 2.75) is 32.6 Å². The first-order valence-electron chi connectivity index (χ1n) is 10.0. The summed E-state index contributed by atoms with van der Waals surface area (Å²) < 4.78 is 0. The van der Waals surface area contributed by atoms with Gasteiger partial charge in [0.2, 0.25) is 5.91 Å². The molecule has 0 aromatic carbocycles. The van der Waals surface area contributed by atoms with Crippen LogP contribution in [-0.2, 0) is 4.79 Å². The maximum absolute atomic E-state index is 12.7. The van der Waals surface area contributed by atoms with Gasteiger partial charge in [-0.25, -0.2) is 0 Å². The molecule has 24 heavy (non-hydrogen) atoms. The van der Waals surface area contributed by atoms with E-state index in [1.807, 2.05) is 0 Å². The van der Waals surface area contributed by atoms with Gasteiger partial charge in [0.05, 0.1) is 0 Å². The molecule has 3 fully saturated rings. The van der Waals surface area contributed by atoms with E-state index in [1.165, 1.54) is 45.6 Å². The summed E-state index contributed by atoms with van der Waals surface area (Å²) in [5, 5.41) is 0. The van der Waals surface area contributed by atoms with Crippen molar-refractivity contribution in [1.82, 2.24) is 19.6 Å². The lowest BCUT2D eigenvalue weighted by Gasteiger charge is -2.39. The molecule has 0 aromatic heterocycles. The number of rotatable bonds is 4. The van der Waals surface area contributed by atoms with Crippen LogP contribution in [0.4, 0.5) is 0 Å². The second kappa shape index (κ2) is 8.63. The van der Waals surface area contributed by atoms with E-state index in [1.54, 1.807) is 0 Å². The highest BCUT2D eigenvalue weighted by Crippen LogP contribution is 2.29. The minimum atomic E-state index is 0.318. The van der Waals surface area contributed by atoms with Crippen molar-refractivity contribution >= 4 is 5.91 Å². The summed E-state index contributed by atoms with van der Waals surface area (Å²) in [6, 6.07) is 0. The van der Waals surface area contributed by atoms with Crippen LogP contribution in [0, 0.1) is 11.8 Å². The molecule has 1 saturated carbocycles. The summed E-state index contributed by atoms with van der Waals surface area (Å²) in [4.78, 5) is 22.4. The maximum Gasteiger partial charge on any atom is 0.225 e. The molecule has 3 aliphatic rings. The fourth-order valence-corrected chi connectivity index (χ4v) is 4.31. The lowest BCUT2D eigenvalue weighted by molar-refractivity contribution is -0.138. The van der Waals surface area contributed by atoms with E-state index in [9.17, 15) is 4.79 Å². The molecule has 2 heterocycles. The Balaban J connectivity index is 1.34. The second-order valence-electron chi connectivity index (χ2n) is 8.27. The third kappa shape index (κ3) is 4.93. The highest BCUT2D eigenvalue weighted by molar-refractivity contribution is 5.79. The summed E-state index contributed by atoms with van der Waals surface area (Å²) in [6.45, 7) is 13.5. The van der Waals surface area contributed by atoms with Gasteiger partial charge in [0, 0.05) is 71.4 Å². The van der Waals surface area contributed by atoms with Gasteiger partial charge in [-0.1, -0.05) is 6.92 Å². The SMILES string of the molecule is CN1CCN(CCN2CCN(C(=O)[C@H]3CC[C@H](C)CC3)CC2)CC1. The number of carbonyl (C=O) groups excluding carboxylic acids is 1. The zero-order chi connectivity index (χ0) is 16.9. The number of nitrogens with zero attached hydrogens (tertiary/aromatic N) is 4. The van der Waals surface area contributed by atoms with Crippen molar-refractivity contribution in [3.05, 3.63) is 0 Å². The molecule has 0 N–H and O–H groups in total. The summed E-state index contributed by atoms with van der Waals surface area (Å²) in [6.07, 6.45) is 4.70. The van der Waals surface area contributed by atoms with Crippen LogP contribution in [0.3, 0.4) is 0 Å². The first kappa shape index (κ1) is 18.2. The van der Waals surface area contributed by atoms with Crippen LogP contribution < -0.4 is 0 Å². The second-order valence-corrected chi connectivity index (χ2v) is 8.27. The molecule has 0 aromatic rings. The monoisotopic (exact) mass is 336 g/mol. The van der Waals surface area contributed by atoms with Crippen LogP contribution in [0.25, 0.3) is 0 Å². The van der Waals surface area contributed by atoms with Crippen molar-refractivity contribution in [2.24, 2.45) is 11.8 Å². The van der Waals surface area contributed by atoms with E-state index in [0.29, 0.717) is 11.8 Å². The van der Waals surface area contributed by atoms with Gasteiger partial charge in [0.15, 0.2) is 0 Å². The zero-order valence-corrected chi connectivity index (χ0v) is 15.8. The first-order chi connectivity index (χ1) is 11.6. The Labute approximate surface area is 147 Å². The average molecular weight is 337 g/mol. The van der Waals surface area contributed by atoms with Crippen LogP contribution in [0.15, 0.2) is 0 Å². The molecule has 1 amide bonds. The zero-order valence-electron chi connectivity index (χ0n) is 15.8. The smallest absolute Gasteiger partial charge is 0.225 e. The number of likely N-dealkylation sites (N-methyl/N-ethyl adjacent to an activating group) is 1. The van der Waals surface area contributed by atoms with E-state index < -0.39 is 0 Å². The molecule has 5 nitrogen and oxygen atoms in total. The Kier molecular flexibility index (Phi) is 6.53. The maximum atomic E-state index is 12.7. The van der Waals surface area contributed by atoms with Crippen LogP contribution in [0.2, 0.25) is 0 Å². The summed E-state index contributed by atoms with van der Waals surface area (Å²) in [5.74, 6) is 1.58. The molecule has 0 atom stereocenters. The minimum Gasteiger partial charge on any atom is -0.340 e. The third-order valence-corrected chi connectivity index (χ3v) is 6.38. The molecular weight excluding hydrogens is 300 g/mol. The van der Waals surface area contributed by atoms with Gasteiger partial charge in [-0.2, -0.15) is 0 Å². The number of piperazine rings is 2. The molecule has 1 aliphatic carbocycles. The Hall–Kier alpha value is -0.650. The summed E-state index contributed by atoms with van der Waals surface area (Å²) in [7, 11) is 2.21. The lowest BCUT2D eigenvalue weighted by atomic mass is 9.82. The van der Waals surface area contributed by atoms with Gasteiger partial charge in [0.1, 0.15) is 0 Å². The molecule has 0 radical (unpaired) electrons. The van der Waals surface area contributed by atoms with Crippen molar-refractivity contribution in [3.8, 4) is 0 Å². The molecule has 2 aliphatic heterocycles. The predicted molar refractivity (Wildman–Crippen MR) is 98.1 cm³/mol. The van der Waals surface area contributed by atoms with Gasteiger partial charge in [-0.15, -0.1) is 0 Å². The molecule has 0 unspecified atom stereocenters. The first-order valence-corrected chi connectivity index (χ1v) is 10.0. The molecule has 3 rings (SSSR count). The Morgan fingerprint density at radius 3 is 1.83 bits per heavy atom. The fraction of sp³-hybridized carbons (Fsp3) is 0.947. The van der Waals surface area contributed by atoms with Gasteiger partial charge < -0.3 is 9.80 Å². The minimum absolute atomic E-state index is 0.318. The van der Waals surface area contributed by atoms with Crippen molar-refractivity contribution in [1.29, 1.82) is 0 Å². The van der Waals surface area contributed by atoms with Crippen LogP contribution in [-0.4, -0.2) is 98.0 Å². The Morgan fingerprint density at radius 1 is 0.792 bits per heavy atom. The van der Waals surface area contributed by atoms with Gasteiger partial charge in [-0.05, 0) is 38.6 Å². The number of hydrogen-bond acceptors (Lipinski definition) is 4. The number of amides is 1. The Bertz CT molecular complexity index is 392. The average Bonchev–Trinajstić information content (AvgIpc) is 2.62. The number of carbonyl (C=O) groups is 1. The van der Waals surface area contributed by atoms with E-state index in [-0.39, 0.29) is 0 Å². The molecule has 138 valence electrons. The third-order valence-electron chi connectivity index (χ3n) is 6.38. The highest BCUT2D eigenvalue weighted by atomic mass is 16.2. The van der Waals surface area contributed by atoms with Gasteiger partial charge >= 0.3 is 0 Å². The van der Waals surface area contributed by atoms with Gasteiger partial charge in [-0.3, -0.25) is 14.6 Å². The largest absolute Gasteiger partial charge is 0.340 e. The van der Waals surface area contributed by atoms with Crippen molar-refractivity contribution < 1.29 is 4.79 Å². The highest BCUT2D eigenvalue weighted by Gasteiger charge is 2.30. The molecular formula is C19H36N4O. The molecule has 0 bridgehead atoms. The van der Waals surface area contributed by atoms with Crippen molar-refractivity contribution in [2.75, 3.05) is 72.5 Å². The topological polar surface area (TPSA) is 30.0 Å². The van der Waals surface area contributed by atoms with Crippen LogP contribution in [0.5, 0.6) is 0 Å². The molecule has 5 heteroatoms. The number of hydrogen-bond donors (Lipinski definition) is 0. The van der Waals surface area contributed by atoms with Crippen LogP contribution >= 0.6 is 0 Å². The van der Waals surface area contributed by atoms with E-state index in [0.717, 1.165) is 51.5 Å². The lowest BCUT2D eigenvalue weighted by Crippen LogP contribution is -2.53. The molecule has 0 spiro atoms. The van der Waals surface area contributed by atoms with E-state index in [4.69, 9.17) is 0 Å². The quantitative estimate of drug-likeness (QED) is 0.772. The molecule has 2 saturated heterocycles. The fourth-order valence-electron chi connectivity index (χ4n) is 4.31. The normalized spacial score (nSPS) is 31.3. The van der Waals surface area contributed by atoms with Crippen molar-refractivity contribution in [3.63, 3.8) is 0 Å². The standard InChI is InChI=1S/C19H36N4O/c1-17-3-5-18(6-4-17)19(24)23-15-13-22(14-16-23)12-11-21-9-7-20(2)8-10-21/h17-18H,3-16H2,1-2H3/t17-,18-. The van der Waals surface area contributed by atoms with E-state index >= 15 is 0 Å². The Morgan fingerprint density at radius 2 is 1.29 bits per heavy atom.